The summed E-state index contributed by atoms with van der Waals surface area (Å²) in [4.78, 5) is 42.2. The van der Waals surface area contributed by atoms with E-state index in [1.165, 1.54) is 6.07 Å². The van der Waals surface area contributed by atoms with Crippen LogP contribution in [-0.2, 0) is 9.53 Å². The van der Waals surface area contributed by atoms with Crippen LogP contribution in [0.2, 0.25) is 0 Å². The molecule has 144 valence electrons. The summed E-state index contributed by atoms with van der Waals surface area (Å²) in [6, 6.07) is 8.41. The largest absolute Gasteiger partial charge is 0.444 e. The first kappa shape index (κ1) is 20.2. The lowest BCUT2D eigenvalue weighted by molar-refractivity contribution is -0.116. The molecule has 2 rings (SSSR count). The average molecular weight is 372 g/mol. The second-order valence-electron chi connectivity index (χ2n) is 7.04. The van der Waals surface area contributed by atoms with E-state index in [1.54, 1.807) is 52.0 Å². The number of aryl methyl sites for hydroxylation is 1. The van der Waals surface area contributed by atoms with Gasteiger partial charge in [-0.3, -0.25) is 9.59 Å². The van der Waals surface area contributed by atoms with Crippen molar-refractivity contribution >= 4 is 17.7 Å². The number of hydrogen-bond acceptors (Lipinski definition) is 5. The smallest absolute Gasteiger partial charge is 0.407 e. The number of benzene rings is 1. The zero-order valence-corrected chi connectivity index (χ0v) is 15.9. The summed E-state index contributed by atoms with van der Waals surface area (Å²) >= 11 is 0. The van der Waals surface area contributed by atoms with E-state index in [0.717, 1.165) is 0 Å². The number of ether oxygens (including phenoxy) is 1. The van der Waals surface area contributed by atoms with Crippen molar-refractivity contribution in [2.24, 2.45) is 0 Å². The summed E-state index contributed by atoms with van der Waals surface area (Å²) in [7, 11) is 0. The molecule has 2 aromatic rings. The number of carbonyl (C=O) groups excluding carboxylic acids is 2. The number of aromatic nitrogens is 2. The molecule has 1 aromatic heterocycles. The summed E-state index contributed by atoms with van der Waals surface area (Å²) in [6.45, 7) is 7.20. The molecule has 0 saturated heterocycles. The lowest BCUT2D eigenvalue weighted by atomic mass is 10.2. The first-order valence-corrected chi connectivity index (χ1v) is 8.57. The van der Waals surface area contributed by atoms with E-state index in [0.29, 0.717) is 22.8 Å². The molecule has 27 heavy (non-hydrogen) atoms. The van der Waals surface area contributed by atoms with E-state index in [4.69, 9.17) is 4.74 Å². The number of H-pyrrole nitrogens is 1. The molecule has 1 aromatic carbocycles. The van der Waals surface area contributed by atoms with E-state index >= 15 is 0 Å². The van der Waals surface area contributed by atoms with Crippen LogP contribution < -0.4 is 16.2 Å². The molecule has 0 aliphatic carbocycles. The fraction of sp³-hybridized carbons (Fsp3) is 0.368. The number of hydrogen-bond donors (Lipinski definition) is 3. The van der Waals surface area contributed by atoms with Crippen LogP contribution in [0.3, 0.4) is 0 Å². The molecule has 0 spiro atoms. The highest BCUT2D eigenvalue weighted by atomic mass is 16.6. The molecule has 8 heteroatoms. The van der Waals surface area contributed by atoms with Gasteiger partial charge in [0.05, 0.1) is 0 Å². The van der Waals surface area contributed by atoms with Crippen LogP contribution >= 0.6 is 0 Å². The third kappa shape index (κ3) is 6.93. The van der Waals surface area contributed by atoms with Crippen molar-refractivity contribution in [3.8, 4) is 11.4 Å². The Kier molecular flexibility index (Phi) is 6.33. The molecule has 0 fully saturated rings. The minimum Gasteiger partial charge on any atom is -0.444 e. The second kappa shape index (κ2) is 8.48. The van der Waals surface area contributed by atoms with E-state index in [1.807, 2.05) is 0 Å². The Labute approximate surface area is 157 Å². The van der Waals surface area contributed by atoms with E-state index in [-0.39, 0.29) is 24.4 Å². The minimum atomic E-state index is -0.586. The number of amides is 2. The molecule has 0 aliphatic rings. The summed E-state index contributed by atoms with van der Waals surface area (Å²) < 4.78 is 5.10. The van der Waals surface area contributed by atoms with Gasteiger partial charge in [0.25, 0.3) is 5.56 Å². The molecule has 1 heterocycles. The zero-order chi connectivity index (χ0) is 20.0. The van der Waals surface area contributed by atoms with Crippen LogP contribution in [0.15, 0.2) is 35.1 Å². The maximum absolute atomic E-state index is 12.1. The Morgan fingerprint density at radius 1 is 1.22 bits per heavy atom. The van der Waals surface area contributed by atoms with Gasteiger partial charge in [0, 0.05) is 36.0 Å². The number of carbonyl (C=O) groups is 2. The molecule has 2 amide bonds. The standard InChI is InChI=1S/C19H24N4O4/c1-12-10-16(25)23-17(21-12)13-6-5-7-14(11-13)22-15(24)8-9-20-18(26)27-19(2,3)4/h5-7,10-11H,8-9H2,1-4H3,(H,20,26)(H,22,24)(H,21,23,25). The number of rotatable bonds is 5. The molecule has 0 bridgehead atoms. The van der Waals surface area contributed by atoms with Gasteiger partial charge in [-0.2, -0.15) is 0 Å². The van der Waals surface area contributed by atoms with Gasteiger partial charge in [-0.1, -0.05) is 12.1 Å². The van der Waals surface area contributed by atoms with Gasteiger partial charge >= 0.3 is 6.09 Å². The fourth-order valence-corrected chi connectivity index (χ4v) is 2.28. The number of alkyl carbamates (subject to hydrolysis) is 1. The summed E-state index contributed by atoms with van der Waals surface area (Å²) in [5.74, 6) is 0.177. The predicted octanol–water partition coefficient (Wildman–Crippen LogP) is 2.60. The van der Waals surface area contributed by atoms with Gasteiger partial charge in [-0.05, 0) is 39.8 Å². The molecular formula is C19H24N4O4. The van der Waals surface area contributed by atoms with Crippen LogP contribution in [0.1, 0.15) is 32.9 Å². The Morgan fingerprint density at radius 3 is 2.63 bits per heavy atom. The van der Waals surface area contributed by atoms with Gasteiger partial charge in [0.2, 0.25) is 5.91 Å². The molecule has 3 N–H and O–H groups in total. The first-order valence-electron chi connectivity index (χ1n) is 8.57. The van der Waals surface area contributed by atoms with Crippen molar-refractivity contribution < 1.29 is 14.3 Å². The summed E-state index contributed by atoms with van der Waals surface area (Å²) in [6.07, 6.45) is -0.463. The fourth-order valence-electron chi connectivity index (χ4n) is 2.28. The molecule has 0 unspecified atom stereocenters. The first-order chi connectivity index (χ1) is 12.6. The highest BCUT2D eigenvalue weighted by Crippen LogP contribution is 2.19. The number of anilines is 1. The quantitative estimate of drug-likeness (QED) is 0.747. The van der Waals surface area contributed by atoms with Gasteiger partial charge < -0.3 is 20.4 Å². The van der Waals surface area contributed by atoms with Gasteiger partial charge in [0.1, 0.15) is 11.4 Å². The van der Waals surface area contributed by atoms with Crippen molar-refractivity contribution in [2.75, 3.05) is 11.9 Å². The molecule has 0 atom stereocenters. The third-order valence-corrected chi connectivity index (χ3v) is 3.31. The van der Waals surface area contributed by atoms with Crippen molar-refractivity contribution in [3.05, 3.63) is 46.4 Å². The van der Waals surface area contributed by atoms with Crippen LogP contribution in [-0.4, -0.2) is 34.1 Å². The van der Waals surface area contributed by atoms with Crippen molar-refractivity contribution in [2.45, 2.75) is 39.7 Å². The Hall–Kier alpha value is -3.16. The molecule has 0 aliphatic heterocycles. The van der Waals surface area contributed by atoms with E-state index in [9.17, 15) is 14.4 Å². The molecular weight excluding hydrogens is 348 g/mol. The highest BCUT2D eigenvalue weighted by Gasteiger charge is 2.16. The maximum Gasteiger partial charge on any atom is 0.407 e. The van der Waals surface area contributed by atoms with E-state index < -0.39 is 11.7 Å². The third-order valence-electron chi connectivity index (χ3n) is 3.31. The zero-order valence-electron chi connectivity index (χ0n) is 15.9. The highest BCUT2D eigenvalue weighted by molar-refractivity contribution is 5.91. The van der Waals surface area contributed by atoms with E-state index in [2.05, 4.69) is 20.6 Å². The molecule has 0 radical (unpaired) electrons. The number of aromatic amines is 1. The molecule has 0 saturated carbocycles. The molecule has 8 nitrogen and oxygen atoms in total. The Morgan fingerprint density at radius 2 is 1.96 bits per heavy atom. The van der Waals surface area contributed by atoms with Crippen LogP contribution in [0.5, 0.6) is 0 Å². The monoisotopic (exact) mass is 372 g/mol. The van der Waals surface area contributed by atoms with Crippen molar-refractivity contribution in [3.63, 3.8) is 0 Å². The lowest BCUT2D eigenvalue weighted by Gasteiger charge is -2.19. The lowest BCUT2D eigenvalue weighted by Crippen LogP contribution is -2.34. The van der Waals surface area contributed by atoms with Crippen molar-refractivity contribution in [1.82, 2.24) is 15.3 Å². The van der Waals surface area contributed by atoms with Gasteiger partial charge in [-0.15, -0.1) is 0 Å². The van der Waals surface area contributed by atoms with Gasteiger partial charge in [0.15, 0.2) is 0 Å². The van der Waals surface area contributed by atoms with Crippen molar-refractivity contribution in [1.29, 1.82) is 0 Å². The predicted molar refractivity (Wildman–Crippen MR) is 103 cm³/mol. The minimum absolute atomic E-state index is 0.100. The van der Waals surface area contributed by atoms with Crippen LogP contribution in [0, 0.1) is 6.92 Å². The Bertz CT molecular complexity index is 884. The second-order valence-corrected chi connectivity index (χ2v) is 7.04. The number of nitrogens with one attached hydrogen (secondary N) is 3. The maximum atomic E-state index is 12.1. The average Bonchev–Trinajstić information content (AvgIpc) is 2.52. The van der Waals surface area contributed by atoms with Crippen LogP contribution in [0.25, 0.3) is 11.4 Å². The summed E-state index contributed by atoms with van der Waals surface area (Å²) in [5.41, 5.74) is 1.04. The van der Waals surface area contributed by atoms with Crippen LogP contribution in [0.4, 0.5) is 10.5 Å². The Balaban J connectivity index is 1.93. The van der Waals surface area contributed by atoms with Gasteiger partial charge in [-0.25, -0.2) is 9.78 Å². The summed E-state index contributed by atoms with van der Waals surface area (Å²) in [5, 5.41) is 5.29. The normalized spacial score (nSPS) is 11.0. The SMILES string of the molecule is Cc1cc(=O)[nH]c(-c2cccc(NC(=O)CCNC(=O)OC(C)(C)C)c2)n1. The number of nitrogens with zero attached hydrogens (tertiary/aromatic N) is 1. The topological polar surface area (TPSA) is 113 Å².